The molecule has 6 aromatic rings. The maximum absolute atomic E-state index is 12.8. The number of aliphatic imine (C=N–C) groups is 1. The number of nitrogens with one attached hydrogen (secondary N) is 1. The van der Waals surface area contributed by atoms with Crippen LogP contribution in [0.1, 0.15) is 47.4 Å². The van der Waals surface area contributed by atoms with E-state index in [2.05, 4.69) is 33.3 Å². The van der Waals surface area contributed by atoms with E-state index in [9.17, 15) is 14.4 Å². The fourth-order valence-electron chi connectivity index (χ4n) is 7.67. The molecule has 2 aliphatic heterocycles. The number of fused-ring (bicyclic) bond motifs is 3. The number of aryl methyl sites for hydroxylation is 1. The summed E-state index contributed by atoms with van der Waals surface area (Å²) >= 11 is 0. The zero-order valence-corrected chi connectivity index (χ0v) is 30.3. The van der Waals surface area contributed by atoms with E-state index in [4.69, 9.17) is 15.6 Å². The minimum absolute atomic E-state index is 0.0187. The maximum Gasteiger partial charge on any atom is 0.337 e. The second kappa shape index (κ2) is 13.0. The third-order valence-electron chi connectivity index (χ3n) is 10.5. The van der Waals surface area contributed by atoms with Crippen LogP contribution in [0.2, 0.25) is 0 Å². The fraction of sp³-hybridized carbons (Fsp3) is 0.282. The van der Waals surface area contributed by atoms with Crippen molar-refractivity contribution in [3.8, 4) is 22.4 Å². The number of methoxy groups -OCH3 is 1. The molecule has 3 N–H and O–H groups in total. The van der Waals surface area contributed by atoms with E-state index in [0.717, 1.165) is 66.6 Å². The van der Waals surface area contributed by atoms with Crippen LogP contribution in [0.5, 0.6) is 0 Å². The largest absolute Gasteiger partial charge is 0.465 e. The van der Waals surface area contributed by atoms with Crippen LogP contribution in [0.15, 0.2) is 71.8 Å². The Balaban J connectivity index is 1.39. The Morgan fingerprint density at radius 2 is 1.72 bits per heavy atom. The number of benzene rings is 2. The Morgan fingerprint density at radius 1 is 0.943 bits per heavy atom. The Labute approximate surface area is 305 Å². The van der Waals surface area contributed by atoms with E-state index in [1.807, 2.05) is 52.3 Å². The van der Waals surface area contributed by atoms with Crippen molar-refractivity contribution in [3.63, 3.8) is 0 Å². The highest BCUT2D eigenvalue weighted by atomic mass is 16.5. The number of esters is 1. The molecule has 0 aliphatic carbocycles. The molecule has 14 nitrogen and oxygen atoms in total. The van der Waals surface area contributed by atoms with Gasteiger partial charge in [0.1, 0.15) is 5.69 Å². The van der Waals surface area contributed by atoms with Crippen molar-refractivity contribution in [3.05, 3.63) is 89.1 Å². The third-order valence-corrected chi connectivity index (χ3v) is 10.5. The molecule has 270 valence electrons. The summed E-state index contributed by atoms with van der Waals surface area (Å²) in [7, 11) is 5.00. The smallest absolute Gasteiger partial charge is 0.337 e. The third kappa shape index (κ3) is 5.66. The van der Waals surface area contributed by atoms with Gasteiger partial charge in [-0.3, -0.25) is 19.3 Å². The molecular formula is C39H40N10O4. The summed E-state index contributed by atoms with van der Waals surface area (Å²) in [4.78, 5) is 51.4. The van der Waals surface area contributed by atoms with Gasteiger partial charge in [0.25, 0.3) is 0 Å². The second-order valence-electron chi connectivity index (χ2n) is 13.6. The quantitative estimate of drug-likeness (QED) is 0.251. The SMILES string of the molecule is CN=C1CCN(C(C)=O)CC1=C(N)c1cn(-n2nc(-c3cc(C(=O)OC)cc4[nH]ccc34)c3c2CCN(C(C)=O)C3)c2ccc(-c3cnn(C)c3)cc12. The van der Waals surface area contributed by atoms with Crippen molar-refractivity contribution in [1.29, 1.82) is 0 Å². The first kappa shape index (κ1) is 33.7. The van der Waals surface area contributed by atoms with E-state index in [-0.39, 0.29) is 11.8 Å². The molecule has 53 heavy (non-hydrogen) atoms. The van der Waals surface area contributed by atoms with Crippen LogP contribution < -0.4 is 5.73 Å². The molecule has 0 unspecified atom stereocenters. The number of nitrogens with two attached hydrogens (primary N) is 1. The summed E-state index contributed by atoms with van der Waals surface area (Å²) in [5.41, 5.74) is 17.3. The minimum atomic E-state index is -0.462. The molecule has 0 radical (unpaired) electrons. The molecule has 2 aromatic carbocycles. The van der Waals surface area contributed by atoms with Crippen molar-refractivity contribution in [2.24, 2.45) is 17.8 Å². The van der Waals surface area contributed by atoms with E-state index in [0.29, 0.717) is 56.0 Å². The number of hydrogen-bond donors (Lipinski definition) is 2. The van der Waals surface area contributed by atoms with Gasteiger partial charge in [-0.1, -0.05) is 6.07 Å². The zero-order valence-electron chi connectivity index (χ0n) is 30.3. The molecule has 2 aliphatic rings. The van der Waals surface area contributed by atoms with Crippen molar-refractivity contribution in [2.45, 2.75) is 33.2 Å². The van der Waals surface area contributed by atoms with Crippen LogP contribution in [0, 0.1) is 0 Å². The number of aromatic nitrogens is 6. The van der Waals surface area contributed by atoms with Gasteiger partial charge in [-0.05, 0) is 35.9 Å². The first-order valence-corrected chi connectivity index (χ1v) is 17.5. The number of likely N-dealkylation sites (tertiary alicyclic amines) is 1. The van der Waals surface area contributed by atoms with Gasteiger partial charge >= 0.3 is 5.97 Å². The van der Waals surface area contributed by atoms with E-state index >= 15 is 0 Å². The average Bonchev–Trinajstić information content (AvgIpc) is 3.98. The van der Waals surface area contributed by atoms with Crippen molar-refractivity contribution < 1.29 is 19.1 Å². The lowest BCUT2D eigenvalue weighted by Gasteiger charge is -2.30. The molecule has 8 rings (SSSR count). The van der Waals surface area contributed by atoms with Gasteiger partial charge in [0.15, 0.2) is 0 Å². The Kier molecular flexibility index (Phi) is 8.24. The number of hydrogen-bond acceptors (Lipinski definition) is 8. The fourth-order valence-corrected chi connectivity index (χ4v) is 7.67. The summed E-state index contributed by atoms with van der Waals surface area (Å²) in [5, 5.41) is 11.5. The number of piperidine rings is 1. The molecule has 0 bridgehead atoms. The van der Waals surface area contributed by atoms with Crippen LogP contribution in [-0.4, -0.2) is 96.4 Å². The number of carbonyl (C=O) groups is 3. The topological polar surface area (TPSA) is 162 Å². The summed E-state index contributed by atoms with van der Waals surface area (Å²) in [6, 6.07) is 11.7. The Hall–Kier alpha value is -6.44. The van der Waals surface area contributed by atoms with Gasteiger partial charge in [-0.15, -0.1) is 0 Å². The molecule has 1 saturated heterocycles. The van der Waals surface area contributed by atoms with Gasteiger partial charge in [-0.2, -0.15) is 15.0 Å². The van der Waals surface area contributed by atoms with Crippen LogP contribution >= 0.6 is 0 Å². The molecule has 0 atom stereocenters. The molecule has 1 fully saturated rings. The van der Waals surface area contributed by atoms with Crippen LogP contribution in [0.3, 0.4) is 0 Å². The minimum Gasteiger partial charge on any atom is -0.465 e. The first-order valence-electron chi connectivity index (χ1n) is 17.5. The highest BCUT2D eigenvalue weighted by Gasteiger charge is 2.31. The number of amides is 2. The molecule has 4 aromatic heterocycles. The van der Waals surface area contributed by atoms with Crippen LogP contribution in [0.4, 0.5) is 0 Å². The lowest BCUT2D eigenvalue weighted by Crippen LogP contribution is -2.39. The number of aromatic amines is 1. The number of ether oxygens (including phenoxy) is 1. The zero-order chi connectivity index (χ0) is 37.1. The summed E-state index contributed by atoms with van der Waals surface area (Å²) in [6.07, 6.45) is 8.77. The highest BCUT2D eigenvalue weighted by Crippen LogP contribution is 2.38. The molecular weight excluding hydrogens is 672 g/mol. The maximum atomic E-state index is 12.8. The normalized spacial score (nSPS) is 16.4. The molecule has 6 heterocycles. The van der Waals surface area contributed by atoms with Gasteiger partial charge in [0, 0.05) is 141 Å². The predicted molar refractivity (Wildman–Crippen MR) is 202 cm³/mol. The number of rotatable bonds is 5. The van der Waals surface area contributed by atoms with Crippen molar-refractivity contribution in [2.75, 3.05) is 33.8 Å². The molecule has 0 spiro atoms. The van der Waals surface area contributed by atoms with E-state index < -0.39 is 5.97 Å². The van der Waals surface area contributed by atoms with Crippen molar-refractivity contribution in [1.82, 2.24) is 39.1 Å². The standard InChI is InChI=1S/C39H40N10O4/c1-22(50)46-12-9-33(41-3)31(19-46)37(40)30-21-48(35-7-6-24(14-28(30)35)26-17-43-45(4)18-26)49-36-10-13-47(23(2)51)20-32(36)38(44-49)29-15-25(39(52)53-5)16-34-27(29)8-11-42-34/h6-8,11,14-18,21,42H,9-10,12-13,19-20,40H2,1-5H3. The van der Waals surface area contributed by atoms with Crippen LogP contribution in [-0.2, 0) is 34.3 Å². The molecule has 2 amide bonds. The van der Waals surface area contributed by atoms with Crippen LogP contribution in [0.25, 0.3) is 49.9 Å². The van der Waals surface area contributed by atoms with Crippen molar-refractivity contribution >= 4 is 51.0 Å². The number of nitrogens with zero attached hydrogens (tertiary/aromatic N) is 8. The molecule has 0 saturated carbocycles. The van der Waals surface area contributed by atoms with Gasteiger partial charge in [-0.25, -0.2) is 9.47 Å². The van der Waals surface area contributed by atoms with Gasteiger partial charge in [0.2, 0.25) is 11.8 Å². The first-order chi connectivity index (χ1) is 25.6. The lowest BCUT2D eigenvalue weighted by atomic mass is 9.95. The summed E-state index contributed by atoms with van der Waals surface area (Å²) in [5.74, 6) is -0.507. The number of carbonyl (C=O) groups excluding carboxylic acids is 3. The average molecular weight is 713 g/mol. The predicted octanol–water partition coefficient (Wildman–Crippen LogP) is 4.38. The van der Waals surface area contributed by atoms with E-state index in [1.54, 1.807) is 42.6 Å². The highest BCUT2D eigenvalue weighted by molar-refractivity contribution is 6.10. The lowest BCUT2D eigenvalue weighted by molar-refractivity contribution is -0.130. The second-order valence-corrected chi connectivity index (χ2v) is 13.6. The van der Waals surface area contributed by atoms with Gasteiger partial charge < -0.3 is 25.3 Å². The van der Waals surface area contributed by atoms with E-state index in [1.165, 1.54) is 7.11 Å². The number of H-pyrrole nitrogens is 1. The monoisotopic (exact) mass is 712 g/mol. The van der Waals surface area contributed by atoms with Gasteiger partial charge in [0.05, 0.1) is 30.1 Å². The Morgan fingerprint density at radius 3 is 2.43 bits per heavy atom. The summed E-state index contributed by atoms with van der Waals surface area (Å²) < 4.78 is 8.87. The Bertz CT molecular complexity index is 2540. The summed E-state index contributed by atoms with van der Waals surface area (Å²) in [6.45, 7) is 4.96. The molecule has 14 heteroatoms.